The number of rotatable bonds is 7. The van der Waals surface area contributed by atoms with Gasteiger partial charge in [-0.3, -0.25) is 4.79 Å². The van der Waals surface area contributed by atoms with Crippen molar-refractivity contribution in [2.75, 3.05) is 18.5 Å². The van der Waals surface area contributed by atoms with Gasteiger partial charge in [0.25, 0.3) is 5.56 Å². The zero-order chi connectivity index (χ0) is 14.5. The highest BCUT2D eigenvalue weighted by molar-refractivity contribution is 9.10. The maximum Gasteiger partial charge on any atom is 0.283 e. The lowest BCUT2D eigenvalue weighted by molar-refractivity contribution is 0.000681. The highest BCUT2D eigenvalue weighted by Gasteiger charge is 2.18. The van der Waals surface area contributed by atoms with Crippen LogP contribution in [-0.2, 0) is 11.3 Å². The van der Waals surface area contributed by atoms with E-state index in [4.69, 9.17) is 4.74 Å². The van der Waals surface area contributed by atoms with Crippen molar-refractivity contribution in [3.63, 3.8) is 0 Å². The first kappa shape index (κ1) is 15.9. The summed E-state index contributed by atoms with van der Waals surface area (Å²) in [5, 5.41) is 7.25. The van der Waals surface area contributed by atoms with Crippen LogP contribution in [0.5, 0.6) is 0 Å². The van der Waals surface area contributed by atoms with Crippen molar-refractivity contribution in [2.45, 2.75) is 32.9 Å². The fourth-order valence-corrected chi connectivity index (χ4v) is 2.04. The largest absolute Gasteiger partial charge is 0.380 e. The Hall–Kier alpha value is -1.14. The fourth-order valence-electron chi connectivity index (χ4n) is 1.59. The molecule has 0 spiro atoms. The highest BCUT2D eigenvalue weighted by atomic mass is 79.9. The average molecular weight is 330 g/mol. The van der Waals surface area contributed by atoms with Crippen LogP contribution in [0.2, 0.25) is 0 Å². The van der Waals surface area contributed by atoms with Gasteiger partial charge in [-0.05, 0) is 36.7 Å². The van der Waals surface area contributed by atoms with Gasteiger partial charge in [0.2, 0.25) is 0 Å². The van der Waals surface area contributed by atoms with E-state index in [9.17, 15) is 4.79 Å². The van der Waals surface area contributed by atoms with Gasteiger partial charge in [0.05, 0.1) is 24.0 Å². The average Bonchev–Trinajstić information content (AvgIpc) is 2.34. The monoisotopic (exact) mass is 329 g/mol. The predicted octanol–water partition coefficient (Wildman–Crippen LogP) is 2.42. The Morgan fingerprint density at radius 2 is 2.32 bits per heavy atom. The van der Waals surface area contributed by atoms with Gasteiger partial charge in [-0.2, -0.15) is 5.10 Å². The van der Waals surface area contributed by atoms with E-state index in [-0.39, 0.29) is 11.2 Å². The molecule has 1 aromatic heterocycles. The lowest BCUT2D eigenvalue weighted by Crippen LogP contribution is -2.34. The van der Waals surface area contributed by atoms with Crippen LogP contribution in [0, 0.1) is 0 Å². The minimum absolute atomic E-state index is 0.181. The lowest BCUT2D eigenvalue weighted by atomic mass is 10.1. The third-order valence-electron chi connectivity index (χ3n) is 2.53. The molecule has 0 bridgehead atoms. The normalized spacial score (nSPS) is 11.4. The van der Waals surface area contributed by atoms with Gasteiger partial charge in [-0.1, -0.05) is 6.08 Å². The van der Waals surface area contributed by atoms with Gasteiger partial charge < -0.3 is 10.1 Å². The zero-order valence-corrected chi connectivity index (χ0v) is 13.2. The molecule has 0 unspecified atom stereocenters. The summed E-state index contributed by atoms with van der Waals surface area (Å²) in [5.74, 6) is 0. The Morgan fingerprint density at radius 3 is 2.89 bits per heavy atom. The number of allylic oxidation sites excluding steroid dienone is 1. The molecule has 6 heteroatoms. The molecule has 0 saturated heterocycles. The highest BCUT2D eigenvalue weighted by Crippen LogP contribution is 2.18. The molecule has 1 heterocycles. The quantitative estimate of drug-likeness (QED) is 0.780. The van der Waals surface area contributed by atoms with Crippen LogP contribution in [0.3, 0.4) is 0 Å². The number of halogens is 1. The Kier molecular flexibility index (Phi) is 5.75. The SMILES string of the molecule is C=CCn1ncc(NCC(C)(C)OCC)c(Br)c1=O. The van der Waals surface area contributed by atoms with E-state index >= 15 is 0 Å². The summed E-state index contributed by atoms with van der Waals surface area (Å²) in [6.45, 7) is 11.2. The van der Waals surface area contributed by atoms with E-state index < -0.39 is 0 Å². The van der Waals surface area contributed by atoms with Gasteiger partial charge >= 0.3 is 0 Å². The van der Waals surface area contributed by atoms with Crippen molar-refractivity contribution in [2.24, 2.45) is 0 Å². The number of ether oxygens (including phenoxy) is 1. The van der Waals surface area contributed by atoms with Crippen molar-refractivity contribution in [3.8, 4) is 0 Å². The van der Waals surface area contributed by atoms with E-state index in [0.29, 0.717) is 29.9 Å². The van der Waals surface area contributed by atoms with E-state index in [0.717, 1.165) is 0 Å². The molecule has 0 amide bonds. The molecule has 19 heavy (non-hydrogen) atoms. The molecule has 0 saturated carbocycles. The Labute approximate surface area is 121 Å². The number of nitrogens with zero attached hydrogens (tertiary/aromatic N) is 2. The summed E-state index contributed by atoms with van der Waals surface area (Å²) in [6.07, 6.45) is 3.25. The lowest BCUT2D eigenvalue weighted by Gasteiger charge is -2.25. The van der Waals surface area contributed by atoms with Crippen molar-refractivity contribution < 1.29 is 4.74 Å². The van der Waals surface area contributed by atoms with Crippen LogP contribution >= 0.6 is 15.9 Å². The maximum absolute atomic E-state index is 12.0. The van der Waals surface area contributed by atoms with Gasteiger partial charge in [0, 0.05) is 13.2 Å². The molecule has 1 N–H and O–H groups in total. The van der Waals surface area contributed by atoms with Gasteiger partial charge in [0.1, 0.15) is 4.47 Å². The van der Waals surface area contributed by atoms with Crippen LogP contribution in [-0.4, -0.2) is 28.5 Å². The van der Waals surface area contributed by atoms with E-state index in [1.165, 1.54) is 4.68 Å². The summed E-state index contributed by atoms with van der Waals surface area (Å²) in [4.78, 5) is 12.0. The van der Waals surface area contributed by atoms with Crippen molar-refractivity contribution in [1.29, 1.82) is 0 Å². The molecule has 0 aliphatic carbocycles. The summed E-state index contributed by atoms with van der Waals surface area (Å²) in [5.41, 5.74) is 0.182. The first-order valence-electron chi connectivity index (χ1n) is 6.15. The minimum Gasteiger partial charge on any atom is -0.380 e. The van der Waals surface area contributed by atoms with Gasteiger partial charge in [-0.25, -0.2) is 4.68 Å². The second-order valence-corrected chi connectivity index (χ2v) is 5.49. The Balaban J connectivity index is 2.83. The summed E-state index contributed by atoms with van der Waals surface area (Å²) < 4.78 is 7.40. The third kappa shape index (κ3) is 4.47. The number of hydrogen-bond donors (Lipinski definition) is 1. The summed E-state index contributed by atoms with van der Waals surface area (Å²) in [7, 11) is 0. The molecular weight excluding hydrogens is 310 g/mol. The molecule has 106 valence electrons. The molecule has 0 fully saturated rings. The van der Waals surface area contributed by atoms with Crippen molar-refractivity contribution >= 4 is 21.6 Å². The van der Waals surface area contributed by atoms with Crippen LogP contribution in [0.4, 0.5) is 5.69 Å². The maximum atomic E-state index is 12.0. The second-order valence-electron chi connectivity index (χ2n) is 4.69. The molecule has 5 nitrogen and oxygen atoms in total. The van der Waals surface area contributed by atoms with Crippen LogP contribution < -0.4 is 10.9 Å². The topological polar surface area (TPSA) is 56.1 Å². The summed E-state index contributed by atoms with van der Waals surface area (Å²) >= 11 is 3.30. The molecule has 1 aromatic rings. The van der Waals surface area contributed by atoms with Gasteiger partial charge in [0.15, 0.2) is 0 Å². The van der Waals surface area contributed by atoms with E-state index in [1.54, 1.807) is 12.3 Å². The standard InChI is InChI=1S/C13H20BrN3O2/c1-5-7-17-12(18)11(14)10(8-16-17)15-9-13(3,4)19-6-2/h5,8,15H,1,6-7,9H2,2-4H3. The third-order valence-corrected chi connectivity index (χ3v) is 3.29. The summed E-state index contributed by atoms with van der Waals surface area (Å²) in [6, 6.07) is 0. The zero-order valence-electron chi connectivity index (χ0n) is 11.6. The van der Waals surface area contributed by atoms with E-state index in [2.05, 4.69) is 32.9 Å². The fraction of sp³-hybridized carbons (Fsp3) is 0.538. The molecule has 0 radical (unpaired) electrons. The second kappa shape index (κ2) is 6.86. The van der Waals surface area contributed by atoms with Crippen LogP contribution in [0.25, 0.3) is 0 Å². The smallest absolute Gasteiger partial charge is 0.283 e. The molecule has 1 rings (SSSR count). The molecular formula is C13H20BrN3O2. The van der Waals surface area contributed by atoms with E-state index in [1.807, 2.05) is 20.8 Å². The first-order valence-corrected chi connectivity index (χ1v) is 6.95. The van der Waals surface area contributed by atoms with Crippen molar-refractivity contribution in [1.82, 2.24) is 9.78 Å². The number of anilines is 1. The number of hydrogen-bond acceptors (Lipinski definition) is 4. The number of aromatic nitrogens is 2. The van der Waals surface area contributed by atoms with Gasteiger partial charge in [-0.15, -0.1) is 6.58 Å². The number of nitrogens with one attached hydrogen (secondary N) is 1. The predicted molar refractivity (Wildman–Crippen MR) is 80.6 cm³/mol. The van der Waals surface area contributed by atoms with Crippen molar-refractivity contribution in [3.05, 3.63) is 33.7 Å². The van der Waals surface area contributed by atoms with Crippen LogP contribution in [0.1, 0.15) is 20.8 Å². The Morgan fingerprint density at radius 1 is 1.63 bits per heavy atom. The minimum atomic E-state index is -0.301. The Bertz CT molecular complexity index is 497. The molecule has 0 aromatic carbocycles. The molecule has 0 aliphatic rings. The molecule has 0 aliphatic heterocycles. The molecule has 0 atom stereocenters. The first-order chi connectivity index (χ1) is 8.91. The van der Waals surface area contributed by atoms with Crippen LogP contribution in [0.15, 0.2) is 28.1 Å².